The Balaban J connectivity index is 2.21. The van der Waals surface area contributed by atoms with Crippen LogP contribution in [0, 0.1) is 11.8 Å². The van der Waals surface area contributed by atoms with Crippen molar-refractivity contribution < 1.29 is 18.0 Å². The lowest BCUT2D eigenvalue weighted by Gasteiger charge is -2.30. The van der Waals surface area contributed by atoms with E-state index in [4.69, 9.17) is 0 Å². The Bertz CT molecular complexity index is 1090. The molecule has 1 aliphatic heterocycles. The maximum atomic E-state index is 14.3. The van der Waals surface area contributed by atoms with E-state index in [9.17, 15) is 18.0 Å². The Morgan fingerprint density at radius 1 is 1.19 bits per heavy atom. The smallest absolute Gasteiger partial charge is 0.384 e. The van der Waals surface area contributed by atoms with Gasteiger partial charge >= 0.3 is 6.18 Å². The number of rotatable bonds is 13. The molecule has 236 valence electrons. The first-order valence-corrected chi connectivity index (χ1v) is 15.8. The van der Waals surface area contributed by atoms with Gasteiger partial charge in [0.1, 0.15) is 5.84 Å². The molecule has 0 radical (unpaired) electrons. The molecule has 2 N–H and O–H groups in total. The maximum Gasteiger partial charge on any atom is 0.419 e. The van der Waals surface area contributed by atoms with Crippen molar-refractivity contribution in [3.05, 3.63) is 52.9 Å². The summed E-state index contributed by atoms with van der Waals surface area (Å²) in [6, 6.07) is 6.22. The van der Waals surface area contributed by atoms with Crippen molar-refractivity contribution in [2.45, 2.75) is 112 Å². The van der Waals surface area contributed by atoms with E-state index in [0.717, 1.165) is 56.0 Å². The number of aryl methyl sites for hydroxylation is 1. The molecular weight excluding hydrogens is 537 g/mol. The summed E-state index contributed by atoms with van der Waals surface area (Å²) in [4.78, 5) is 18.7. The van der Waals surface area contributed by atoms with E-state index in [0.29, 0.717) is 50.1 Å². The minimum absolute atomic E-state index is 0.0130. The molecule has 0 aliphatic carbocycles. The van der Waals surface area contributed by atoms with Crippen LogP contribution < -0.4 is 10.6 Å². The third-order valence-electron chi connectivity index (χ3n) is 8.13. The Hall–Kier alpha value is -2.77. The van der Waals surface area contributed by atoms with Crippen molar-refractivity contribution in [3.8, 4) is 0 Å². The fourth-order valence-electron chi connectivity index (χ4n) is 5.14. The van der Waals surface area contributed by atoms with E-state index in [2.05, 4.69) is 55.5 Å². The Labute approximate surface area is 252 Å². The molecule has 8 heteroatoms. The van der Waals surface area contributed by atoms with Gasteiger partial charge < -0.3 is 15.5 Å². The average molecular weight is 591 g/mol. The monoisotopic (exact) mass is 590 g/mol. The average Bonchev–Trinajstić information content (AvgIpc) is 2.94. The highest BCUT2D eigenvalue weighted by Gasteiger charge is 2.36. The van der Waals surface area contributed by atoms with E-state index in [1.165, 1.54) is 5.56 Å². The van der Waals surface area contributed by atoms with Crippen molar-refractivity contribution in [3.63, 3.8) is 0 Å². The van der Waals surface area contributed by atoms with Gasteiger partial charge in [-0.3, -0.25) is 4.79 Å². The molecule has 0 spiro atoms. The quantitative estimate of drug-likeness (QED) is 0.137. The summed E-state index contributed by atoms with van der Waals surface area (Å²) in [5, 5.41) is 6.27. The van der Waals surface area contributed by atoms with Gasteiger partial charge in [-0.15, -0.1) is 0 Å². The van der Waals surface area contributed by atoms with Crippen LogP contribution in [0.1, 0.15) is 110 Å². The summed E-state index contributed by atoms with van der Waals surface area (Å²) in [5.74, 6) is 1.53. The number of carbonyl (C=O) groups excluding carboxylic acids is 1. The fourth-order valence-corrected chi connectivity index (χ4v) is 5.14. The second-order valence-corrected chi connectivity index (χ2v) is 12.0. The summed E-state index contributed by atoms with van der Waals surface area (Å²) in [6.07, 6.45) is 4.48. The molecule has 3 unspecified atom stereocenters. The number of allylic oxidation sites excluding steroid dienone is 2. The lowest BCUT2D eigenvalue weighted by molar-refractivity contribution is -0.132. The van der Waals surface area contributed by atoms with Gasteiger partial charge in [-0.25, -0.2) is 4.99 Å². The molecule has 0 bridgehead atoms. The summed E-state index contributed by atoms with van der Waals surface area (Å²) < 4.78 is 43.0. The minimum Gasteiger partial charge on any atom is -0.384 e. The normalized spacial score (nSPS) is 19.3. The molecule has 1 fully saturated rings. The van der Waals surface area contributed by atoms with Gasteiger partial charge in [0.15, 0.2) is 0 Å². The van der Waals surface area contributed by atoms with E-state index in [1.54, 1.807) is 13.0 Å². The summed E-state index contributed by atoms with van der Waals surface area (Å²) >= 11 is 0. The number of hydrogen-bond donors (Lipinski definition) is 2. The highest BCUT2D eigenvalue weighted by atomic mass is 19.4. The Morgan fingerprint density at radius 2 is 1.93 bits per heavy atom. The van der Waals surface area contributed by atoms with Crippen LogP contribution in [0.25, 0.3) is 0 Å². The van der Waals surface area contributed by atoms with Crippen molar-refractivity contribution in [2.24, 2.45) is 16.8 Å². The summed E-state index contributed by atoms with van der Waals surface area (Å²) in [5.41, 5.74) is 2.45. The van der Waals surface area contributed by atoms with Crippen LogP contribution in [0.4, 0.5) is 18.9 Å². The highest BCUT2D eigenvalue weighted by Crippen LogP contribution is 2.31. The molecular formula is C34H53F3N4O. The SMILES string of the molecule is CCC/C=C(NCC(C)CN1CCC(C)CCCC1=O)/C(=C\N=C(C)Nc1ccc(C(C)CC)cc1CC)C(F)(F)F. The number of nitrogens with zero attached hydrogens (tertiary/aromatic N) is 2. The number of alkyl halides is 3. The topological polar surface area (TPSA) is 56.7 Å². The molecule has 42 heavy (non-hydrogen) atoms. The predicted molar refractivity (Wildman–Crippen MR) is 170 cm³/mol. The molecule has 1 aliphatic rings. The van der Waals surface area contributed by atoms with Crippen LogP contribution in [0.3, 0.4) is 0 Å². The van der Waals surface area contributed by atoms with E-state index < -0.39 is 11.7 Å². The summed E-state index contributed by atoms with van der Waals surface area (Å²) in [7, 11) is 0. The van der Waals surface area contributed by atoms with Gasteiger partial charge in [0, 0.05) is 43.6 Å². The predicted octanol–water partition coefficient (Wildman–Crippen LogP) is 8.99. The second-order valence-electron chi connectivity index (χ2n) is 12.0. The number of nitrogens with one attached hydrogen (secondary N) is 2. The number of amidine groups is 1. The van der Waals surface area contributed by atoms with Crippen molar-refractivity contribution >= 4 is 17.4 Å². The van der Waals surface area contributed by atoms with Crippen LogP contribution in [0.15, 0.2) is 46.7 Å². The summed E-state index contributed by atoms with van der Waals surface area (Å²) in [6.45, 7) is 15.8. The number of unbranched alkanes of at least 4 members (excludes halogenated alkanes) is 1. The van der Waals surface area contributed by atoms with Crippen LogP contribution in [0.5, 0.6) is 0 Å². The number of aliphatic imine (C=N–C) groups is 1. The number of benzene rings is 1. The van der Waals surface area contributed by atoms with E-state index >= 15 is 0 Å². The number of hydrogen-bond acceptors (Lipinski definition) is 3. The largest absolute Gasteiger partial charge is 0.419 e. The molecule has 0 saturated carbocycles. The molecule has 0 aromatic heterocycles. The minimum atomic E-state index is -4.58. The third kappa shape index (κ3) is 11.5. The number of anilines is 1. The van der Waals surface area contributed by atoms with Crippen LogP contribution in [-0.2, 0) is 11.2 Å². The van der Waals surface area contributed by atoms with Gasteiger partial charge in [0.25, 0.3) is 0 Å². The number of amides is 1. The highest BCUT2D eigenvalue weighted by molar-refractivity contribution is 5.94. The molecule has 1 heterocycles. The maximum absolute atomic E-state index is 14.3. The first-order valence-electron chi connectivity index (χ1n) is 15.8. The number of carbonyl (C=O) groups is 1. The zero-order valence-electron chi connectivity index (χ0n) is 26.8. The molecule has 1 amide bonds. The van der Waals surface area contributed by atoms with Crippen molar-refractivity contribution in [1.29, 1.82) is 0 Å². The van der Waals surface area contributed by atoms with Gasteiger partial charge in [0.05, 0.1) is 5.57 Å². The van der Waals surface area contributed by atoms with Crippen molar-refractivity contribution in [1.82, 2.24) is 10.2 Å². The first kappa shape index (κ1) is 35.4. The lowest BCUT2D eigenvalue weighted by Crippen LogP contribution is -2.39. The van der Waals surface area contributed by atoms with Crippen LogP contribution in [-0.4, -0.2) is 42.5 Å². The van der Waals surface area contributed by atoms with Gasteiger partial charge in [0.2, 0.25) is 5.91 Å². The first-order chi connectivity index (χ1) is 19.9. The molecule has 1 aromatic carbocycles. The van der Waals surface area contributed by atoms with E-state index in [1.807, 2.05) is 24.8 Å². The molecule has 2 rings (SSSR count). The number of halogens is 3. The zero-order valence-corrected chi connectivity index (χ0v) is 26.8. The molecule has 5 nitrogen and oxygen atoms in total. The Kier molecular flexibility index (Phi) is 14.7. The van der Waals surface area contributed by atoms with Crippen LogP contribution in [0.2, 0.25) is 0 Å². The van der Waals surface area contributed by atoms with Crippen LogP contribution >= 0.6 is 0 Å². The van der Waals surface area contributed by atoms with Crippen molar-refractivity contribution in [2.75, 3.05) is 25.0 Å². The molecule has 1 aromatic rings. The van der Waals surface area contributed by atoms with Gasteiger partial charge in [-0.05, 0) is 74.0 Å². The second kappa shape index (κ2) is 17.4. The van der Waals surface area contributed by atoms with E-state index in [-0.39, 0.29) is 17.5 Å². The zero-order chi connectivity index (χ0) is 31.3. The standard InChI is InChI=1S/C34H53F3N4O/c1-8-11-14-32(39-21-25(5)23-41-19-18-24(4)13-12-15-33(41)42)30(34(35,36)37)22-38-27(7)40-31-17-16-29(26(6)9-2)20-28(31)10-3/h14,16-17,20,22,24-26,39H,8-13,15,18-19,21,23H2,1-7H3,(H,38,40)/b30-22+,32-14-. The Morgan fingerprint density at radius 3 is 2.57 bits per heavy atom. The molecule has 1 saturated heterocycles. The van der Waals surface area contributed by atoms with Gasteiger partial charge in [-0.2, -0.15) is 13.2 Å². The van der Waals surface area contributed by atoms with Gasteiger partial charge in [-0.1, -0.05) is 72.6 Å². The number of likely N-dealkylation sites (tertiary alicyclic amines) is 1. The lowest BCUT2D eigenvalue weighted by atomic mass is 9.95. The molecule has 3 atom stereocenters. The fraction of sp³-hybridized carbons (Fsp3) is 0.647. The third-order valence-corrected chi connectivity index (χ3v) is 8.13.